The van der Waals surface area contributed by atoms with Crippen LogP contribution in [-0.4, -0.2) is 25.1 Å². The molecule has 0 atom stereocenters. The molecular weight excluding hydrogens is 256 g/mol. The third kappa shape index (κ3) is 3.47. The van der Waals surface area contributed by atoms with Gasteiger partial charge in [0.2, 0.25) is 5.91 Å². The Kier molecular flexibility index (Phi) is 4.55. The molecule has 0 bridgehead atoms. The first kappa shape index (κ1) is 13.9. The molecule has 0 aliphatic rings. The molecule has 1 N–H and O–H groups in total. The Balaban J connectivity index is 2.07. The molecule has 0 unspecified atom stereocenters. The van der Waals surface area contributed by atoms with E-state index in [2.05, 4.69) is 10.3 Å². The molecule has 2 rings (SSSR count). The minimum atomic E-state index is -0.111. The third-order valence-electron chi connectivity index (χ3n) is 2.80. The van der Waals surface area contributed by atoms with Crippen LogP contribution in [0.1, 0.15) is 5.56 Å². The van der Waals surface area contributed by atoms with Crippen molar-refractivity contribution in [3.63, 3.8) is 0 Å². The molecule has 0 fully saturated rings. The number of methoxy groups -OCH3 is 2. The monoisotopic (exact) mass is 272 g/mol. The quantitative estimate of drug-likeness (QED) is 0.907. The molecule has 0 spiro atoms. The Bertz CT molecular complexity index is 585. The van der Waals surface area contributed by atoms with Crippen LogP contribution in [0.5, 0.6) is 11.5 Å². The lowest BCUT2D eigenvalue weighted by Gasteiger charge is -2.11. The predicted octanol–water partition coefficient (Wildman–Crippen LogP) is 2.28. The Morgan fingerprint density at radius 3 is 2.55 bits per heavy atom. The standard InChI is InChI=1S/C15H16N2O3/c1-19-12-3-4-13(14(10-12)20-2)17-15(18)9-11-5-7-16-8-6-11/h3-8,10H,9H2,1-2H3,(H,17,18). The number of carbonyl (C=O) groups excluding carboxylic acids is 1. The number of benzene rings is 1. The number of pyridine rings is 1. The SMILES string of the molecule is COc1ccc(NC(=O)Cc2ccncc2)c(OC)c1. The molecular formula is C15H16N2O3. The summed E-state index contributed by atoms with van der Waals surface area (Å²) in [5.41, 5.74) is 1.53. The highest BCUT2D eigenvalue weighted by Crippen LogP contribution is 2.29. The maximum Gasteiger partial charge on any atom is 0.228 e. The summed E-state index contributed by atoms with van der Waals surface area (Å²) >= 11 is 0. The fourth-order valence-electron chi connectivity index (χ4n) is 1.78. The van der Waals surface area contributed by atoms with Gasteiger partial charge in [0.25, 0.3) is 0 Å². The number of anilines is 1. The second-order valence-electron chi connectivity index (χ2n) is 4.15. The predicted molar refractivity (Wildman–Crippen MR) is 76.1 cm³/mol. The van der Waals surface area contributed by atoms with E-state index in [1.165, 1.54) is 0 Å². The molecule has 0 saturated carbocycles. The van der Waals surface area contributed by atoms with Crippen LogP contribution in [0.4, 0.5) is 5.69 Å². The summed E-state index contributed by atoms with van der Waals surface area (Å²) in [5, 5.41) is 2.82. The van der Waals surface area contributed by atoms with Gasteiger partial charge in [-0.05, 0) is 29.8 Å². The zero-order chi connectivity index (χ0) is 14.4. The van der Waals surface area contributed by atoms with E-state index < -0.39 is 0 Å². The van der Waals surface area contributed by atoms with Gasteiger partial charge in [-0.1, -0.05) is 0 Å². The Hall–Kier alpha value is -2.56. The molecule has 0 saturated heterocycles. The average Bonchev–Trinajstić information content (AvgIpc) is 2.48. The van der Waals surface area contributed by atoms with Gasteiger partial charge in [-0.25, -0.2) is 0 Å². The van der Waals surface area contributed by atoms with E-state index in [9.17, 15) is 4.79 Å². The Morgan fingerprint density at radius 1 is 1.15 bits per heavy atom. The number of aromatic nitrogens is 1. The smallest absolute Gasteiger partial charge is 0.228 e. The van der Waals surface area contributed by atoms with E-state index in [4.69, 9.17) is 9.47 Å². The number of hydrogen-bond donors (Lipinski definition) is 1. The van der Waals surface area contributed by atoms with Gasteiger partial charge in [0.1, 0.15) is 11.5 Å². The van der Waals surface area contributed by atoms with Crippen LogP contribution in [0.15, 0.2) is 42.7 Å². The van der Waals surface area contributed by atoms with Gasteiger partial charge in [-0.15, -0.1) is 0 Å². The minimum Gasteiger partial charge on any atom is -0.497 e. The summed E-state index contributed by atoms with van der Waals surface area (Å²) in [6.07, 6.45) is 3.62. The highest BCUT2D eigenvalue weighted by Gasteiger charge is 2.09. The van der Waals surface area contributed by atoms with Crippen molar-refractivity contribution in [2.24, 2.45) is 0 Å². The molecule has 2 aromatic rings. The molecule has 104 valence electrons. The third-order valence-corrected chi connectivity index (χ3v) is 2.80. The van der Waals surface area contributed by atoms with Gasteiger partial charge in [-0.2, -0.15) is 0 Å². The topological polar surface area (TPSA) is 60.5 Å². The lowest BCUT2D eigenvalue weighted by molar-refractivity contribution is -0.115. The van der Waals surface area contributed by atoms with Crippen molar-refractivity contribution in [2.75, 3.05) is 19.5 Å². The molecule has 1 amide bonds. The molecule has 0 radical (unpaired) electrons. The van der Waals surface area contributed by atoms with Gasteiger partial charge < -0.3 is 14.8 Å². The molecule has 0 aliphatic heterocycles. The summed E-state index contributed by atoms with van der Waals surface area (Å²) in [4.78, 5) is 15.9. The summed E-state index contributed by atoms with van der Waals surface area (Å²) in [7, 11) is 3.13. The first-order valence-electron chi connectivity index (χ1n) is 6.13. The molecule has 1 heterocycles. The van der Waals surface area contributed by atoms with Gasteiger partial charge in [-0.3, -0.25) is 9.78 Å². The maximum atomic E-state index is 12.0. The van der Waals surface area contributed by atoms with E-state index in [1.807, 2.05) is 12.1 Å². The van der Waals surface area contributed by atoms with E-state index in [0.29, 0.717) is 17.2 Å². The molecule has 0 aliphatic carbocycles. The number of ether oxygens (including phenoxy) is 2. The zero-order valence-electron chi connectivity index (χ0n) is 11.4. The van der Waals surface area contributed by atoms with E-state index in [-0.39, 0.29) is 12.3 Å². The van der Waals surface area contributed by atoms with Crippen LogP contribution in [0, 0.1) is 0 Å². The van der Waals surface area contributed by atoms with Gasteiger partial charge in [0, 0.05) is 18.5 Å². The van der Waals surface area contributed by atoms with Crippen molar-refractivity contribution >= 4 is 11.6 Å². The van der Waals surface area contributed by atoms with Crippen molar-refractivity contribution in [2.45, 2.75) is 6.42 Å². The number of amides is 1. The number of nitrogens with one attached hydrogen (secondary N) is 1. The molecule has 1 aromatic carbocycles. The number of rotatable bonds is 5. The Labute approximate surface area is 117 Å². The van der Waals surface area contributed by atoms with Crippen LogP contribution in [0.25, 0.3) is 0 Å². The van der Waals surface area contributed by atoms with Crippen LogP contribution in [0.3, 0.4) is 0 Å². The normalized spacial score (nSPS) is 9.90. The largest absolute Gasteiger partial charge is 0.497 e. The second kappa shape index (κ2) is 6.56. The first-order chi connectivity index (χ1) is 9.72. The minimum absolute atomic E-state index is 0.111. The second-order valence-corrected chi connectivity index (χ2v) is 4.15. The van der Waals surface area contributed by atoms with Crippen molar-refractivity contribution in [1.82, 2.24) is 4.98 Å². The number of hydrogen-bond acceptors (Lipinski definition) is 4. The molecule has 1 aromatic heterocycles. The van der Waals surface area contributed by atoms with Crippen molar-refractivity contribution < 1.29 is 14.3 Å². The fourth-order valence-corrected chi connectivity index (χ4v) is 1.78. The average molecular weight is 272 g/mol. The summed E-state index contributed by atoms with van der Waals surface area (Å²) in [5.74, 6) is 1.13. The molecule has 20 heavy (non-hydrogen) atoms. The summed E-state index contributed by atoms with van der Waals surface area (Å²) in [6, 6.07) is 8.87. The zero-order valence-corrected chi connectivity index (χ0v) is 11.4. The van der Waals surface area contributed by atoms with E-state index in [1.54, 1.807) is 44.8 Å². The van der Waals surface area contributed by atoms with Crippen LogP contribution >= 0.6 is 0 Å². The van der Waals surface area contributed by atoms with Crippen LogP contribution < -0.4 is 14.8 Å². The number of nitrogens with zero attached hydrogens (tertiary/aromatic N) is 1. The lowest BCUT2D eigenvalue weighted by Crippen LogP contribution is -2.15. The van der Waals surface area contributed by atoms with E-state index in [0.717, 1.165) is 5.56 Å². The van der Waals surface area contributed by atoms with Gasteiger partial charge in [0.15, 0.2) is 0 Å². The van der Waals surface area contributed by atoms with Crippen LogP contribution in [-0.2, 0) is 11.2 Å². The van der Waals surface area contributed by atoms with E-state index >= 15 is 0 Å². The highest BCUT2D eigenvalue weighted by atomic mass is 16.5. The van der Waals surface area contributed by atoms with Crippen molar-refractivity contribution in [3.05, 3.63) is 48.3 Å². The first-order valence-corrected chi connectivity index (χ1v) is 6.13. The highest BCUT2D eigenvalue weighted by molar-refractivity contribution is 5.93. The van der Waals surface area contributed by atoms with Crippen molar-refractivity contribution in [1.29, 1.82) is 0 Å². The Morgan fingerprint density at radius 2 is 1.90 bits per heavy atom. The molecule has 5 nitrogen and oxygen atoms in total. The number of carbonyl (C=O) groups is 1. The van der Waals surface area contributed by atoms with Gasteiger partial charge >= 0.3 is 0 Å². The lowest BCUT2D eigenvalue weighted by atomic mass is 10.2. The van der Waals surface area contributed by atoms with Crippen LogP contribution in [0.2, 0.25) is 0 Å². The molecule has 5 heteroatoms. The summed E-state index contributed by atoms with van der Waals surface area (Å²) in [6.45, 7) is 0. The fraction of sp³-hybridized carbons (Fsp3) is 0.200. The van der Waals surface area contributed by atoms with Crippen molar-refractivity contribution in [3.8, 4) is 11.5 Å². The maximum absolute atomic E-state index is 12.0. The summed E-state index contributed by atoms with van der Waals surface area (Å²) < 4.78 is 10.3. The van der Waals surface area contributed by atoms with Gasteiger partial charge in [0.05, 0.1) is 26.3 Å².